The first kappa shape index (κ1) is 27.3. The first-order chi connectivity index (χ1) is 17.8. The molecule has 204 valence electrons. The van der Waals surface area contributed by atoms with E-state index in [2.05, 4.69) is 5.10 Å². The summed E-state index contributed by atoms with van der Waals surface area (Å²) in [5.41, 5.74) is 4.03. The van der Waals surface area contributed by atoms with Crippen LogP contribution in [0.5, 0.6) is 0 Å². The van der Waals surface area contributed by atoms with Crippen molar-refractivity contribution in [1.82, 2.24) is 19.6 Å². The molecule has 1 fully saturated rings. The molecule has 0 bridgehead atoms. The van der Waals surface area contributed by atoms with Gasteiger partial charge in [-0.1, -0.05) is 12.1 Å². The molecule has 5 rings (SSSR count). The van der Waals surface area contributed by atoms with Gasteiger partial charge in [-0.2, -0.15) is 18.3 Å². The van der Waals surface area contributed by atoms with Crippen LogP contribution in [0.1, 0.15) is 35.7 Å². The summed E-state index contributed by atoms with van der Waals surface area (Å²) in [6.07, 6.45) is -3.91. The van der Waals surface area contributed by atoms with Gasteiger partial charge in [-0.15, -0.1) is 0 Å². The number of carbonyl (C=O) groups excluding carboxylic acids is 2. The van der Waals surface area contributed by atoms with Gasteiger partial charge in [0, 0.05) is 45.2 Å². The zero-order chi connectivity index (χ0) is 27.8. The van der Waals surface area contributed by atoms with Crippen LogP contribution < -0.4 is 4.90 Å². The van der Waals surface area contributed by atoms with Gasteiger partial charge in [-0.05, 0) is 42.7 Å². The summed E-state index contributed by atoms with van der Waals surface area (Å²) < 4.78 is 59.4. The number of carbonyl (C=O) groups is 2. The van der Waals surface area contributed by atoms with E-state index in [0.29, 0.717) is 24.9 Å². The molecule has 2 aliphatic rings. The van der Waals surface area contributed by atoms with Crippen LogP contribution in [0, 0.1) is 0 Å². The van der Waals surface area contributed by atoms with Gasteiger partial charge in [0.25, 0.3) is 12.3 Å². The monoisotopic (exact) mass is 537 g/mol. The molecule has 1 unspecified atom stereocenters. The minimum absolute atomic E-state index is 0.188. The molecular formula is C26H28F5N5O2. The molecule has 3 aromatic rings. The van der Waals surface area contributed by atoms with Crippen LogP contribution in [0.4, 0.5) is 33.3 Å². The molecule has 2 aromatic carbocycles. The van der Waals surface area contributed by atoms with Crippen LogP contribution in [0.25, 0.3) is 10.9 Å². The number of aryl methyl sites for hydroxylation is 1. The Morgan fingerprint density at radius 1 is 1.21 bits per heavy atom. The van der Waals surface area contributed by atoms with Gasteiger partial charge in [0.2, 0.25) is 5.91 Å². The lowest BCUT2D eigenvalue weighted by Crippen LogP contribution is -2.45. The molecular weight excluding hydrogens is 509 g/mol. The second-order valence-electron chi connectivity index (χ2n) is 9.46. The number of halogens is 5. The Bertz CT molecular complexity index is 1330. The van der Waals surface area contributed by atoms with Gasteiger partial charge in [-0.3, -0.25) is 14.3 Å². The number of benzene rings is 2. The van der Waals surface area contributed by atoms with Gasteiger partial charge >= 0.3 is 6.18 Å². The van der Waals surface area contributed by atoms with Crippen molar-refractivity contribution in [3.8, 4) is 0 Å². The van der Waals surface area contributed by atoms with E-state index in [-0.39, 0.29) is 25.9 Å². The number of hydrogen-bond donors (Lipinski definition) is 0. The van der Waals surface area contributed by atoms with E-state index in [4.69, 9.17) is 0 Å². The SMILES string of the molecule is CC(F)(F)F.CN(c1ccc2c(cnn2C)c1)c1cccc2c1C(=O)N(CC(=O)N1CCCC1C(F)F)C2. The molecule has 1 atom stereocenters. The molecule has 38 heavy (non-hydrogen) atoms. The predicted molar refractivity (Wildman–Crippen MR) is 132 cm³/mol. The fourth-order valence-electron chi connectivity index (χ4n) is 4.92. The number of aromatic nitrogens is 2. The number of anilines is 2. The maximum absolute atomic E-state index is 13.3. The van der Waals surface area contributed by atoms with Crippen molar-refractivity contribution >= 4 is 34.1 Å². The highest BCUT2D eigenvalue weighted by Gasteiger charge is 2.38. The van der Waals surface area contributed by atoms with E-state index in [0.717, 1.165) is 27.8 Å². The summed E-state index contributed by atoms with van der Waals surface area (Å²) in [4.78, 5) is 30.7. The molecule has 2 amide bonds. The second-order valence-corrected chi connectivity index (χ2v) is 9.46. The quantitative estimate of drug-likeness (QED) is 0.424. The van der Waals surface area contributed by atoms with E-state index in [9.17, 15) is 31.5 Å². The van der Waals surface area contributed by atoms with Gasteiger partial charge < -0.3 is 14.7 Å². The van der Waals surface area contributed by atoms with E-state index in [1.165, 1.54) is 9.80 Å². The smallest absolute Gasteiger partial charge is 0.344 e. The first-order valence-corrected chi connectivity index (χ1v) is 12.1. The highest BCUT2D eigenvalue weighted by molar-refractivity contribution is 6.05. The minimum atomic E-state index is -4.00. The maximum atomic E-state index is 13.3. The number of amides is 2. The minimum Gasteiger partial charge on any atom is -0.344 e. The summed E-state index contributed by atoms with van der Waals surface area (Å²) in [6, 6.07) is 10.6. The number of rotatable bonds is 5. The average Bonchev–Trinajstić information content (AvgIpc) is 3.56. The third-order valence-electron chi connectivity index (χ3n) is 6.71. The maximum Gasteiger partial charge on any atom is 0.386 e. The van der Waals surface area contributed by atoms with Crippen LogP contribution >= 0.6 is 0 Å². The zero-order valence-corrected chi connectivity index (χ0v) is 21.2. The van der Waals surface area contributed by atoms with E-state index >= 15 is 0 Å². The number of alkyl halides is 5. The Labute approximate surface area is 216 Å². The fourth-order valence-corrected chi connectivity index (χ4v) is 4.92. The normalized spacial score (nSPS) is 17.2. The molecule has 7 nitrogen and oxygen atoms in total. The summed E-state index contributed by atoms with van der Waals surface area (Å²) in [5, 5.41) is 5.27. The average molecular weight is 538 g/mol. The van der Waals surface area contributed by atoms with E-state index in [1.807, 2.05) is 55.4 Å². The van der Waals surface area contributed by atoms with Crippen molar-refractivity contribution in [1.29, 1.82) is 0 Å². The third kappa shape index (κ3) is 5.73. The van der Waals surface area contributed by atoms with Crippen LogP contribution in [0.15, 0.2) is 42.6 Å². The summed E-state index contributed by atoms with van der Waals surface area (Å²) in [7, 11) is 3.78. The van der Waals surface area contributed by atoms with Crippen LogP contribution in [0.3, 0.4) is 0 Å². The molecule has 12 heteroatoms. The molecule has 0 spiro atoms. The van der Waals surface area contributed by atoms with Crippen molar-refractivity contribution in [3.05, 3.63) is 53.7 Å². The number of likely N-dealkylation sites (tertiary alicyclic amines) is 1. The van der Waals surface area contributed by atoms with Crippen molar-refractivity contribution in [2.45, 2.75) is 45.0 Å². The molecule has 1 saturated heterocycles. The van der Waals surface area contributed by atoms with Crippen LogP contribution in [-0.2, 0) is 18.4 Å². The molecule has 0 radical (unpaired) electrons. The van der Waals surface area contributed by atoms with Gasteiger partial charge in [0.1, 0.15) is 6.54 Å². The first-order valence-electron chi connectivity index (χ1n) is 12.1. The number of fused-ring (bicyclic) bond motifs is 2. The Hall–Kier alpha value is -3.70. The third-order valence-corrected chi connectivity index (χ3v) is 6.71. The lowest BCUT2D eigenvalue weighted by Gasteiger charge is -2.26. The van der Waals surface area contributed by atoms with E-state index < -0.39 is 24.6 Å². The Kier molecular flexibility index (Phi) is 7.61. The lowest BCUT2D eigenvalue weighted by atomic mass is 10.1. The molecule has 2 aliphatic heterocycles. The Morgan fingerprint density at radius 2 is 1.92 bits per heavy atom. The van der Waals surface area contributed by atoms with Gasteiger partial charge in [0.05, 0.1) is 29.0 Å². The Balaban J connectivity index is 0.000000617. The zero-order valence-electron chi connectivity index (χ0n) is 21.2. The fraction of sp³-hybridized carbons (Fsp3) is 0.423. The summed E-state index contributed by atoms with van der Waals surface area (Å²) in [6.45, 7) is 0.596. The molecule has 0 saturated carbocycles. The van der Waals surface area contributed by atoms with E-state index in [1.54, 1.807) is 10.9 Å². The number of nitrogens with zero attached hydrogens (tertiary/aromatic N) is 5. The summed E-state index contributed by atoms with van der Waals surface area (Å²) in [5.74, 6) is -0.674. The lowest BCUT2D eigenvalue weighted by molar-refractivity contribution is -0.135. The Morgan fingerprint density at radius 3 is 2.61 bits per heavy atom. The topological polar surface area (TPSA) is 61.7 Å². The van der Waals surface area contributed by atoms with Crippen molar-refractivity contribution < 1.29 is 31.5 Å². The van der Waals surface area contributed by atoms with Crippen molar-refractivity contribution in [3.63, 3.8) is 0 Å². The highest BCUT2D eigenvalue weighted by atomic mass is 19.4. The van der Waals surface area contributed by atoms with Gasteiger partial charge in [-0.25, -0.2) is 8.78 Å². The van der Waals surface area contributed by atoms with Gasteiger partial charge in [0.15, 0.2) is 0 Å². The molecule has 0 N–H and O–H groups in total. The molecule has 1 aromatic heterocycles. The van der Waals surface area contributed by atoms with Crippen molar-refractivity contribution in [2.75, 3.05) is 25.0 Å². The second kappa shape index (κ2) is 10.6. The number of hydrogen-bond acceptors (Lipinski definition) is 4. The highest BCUT2D eigenvalue weighted by Crippen LogP contribution is 2.35. The predicted octanol–water partition coefficient (Wildman–Crippen LogP) is 5.12. The largest absolute Gasteiger partial charge is 0.386 e. The summed E-state index contributed by atoms with van der Waals surface area (Å²) >= 11 is 0. The standard InChI is InChI=1S/C24H25F2N5O2.C2H3F3/c1-28(17-8-9-18-16(11-17)12-27-29(18)2)19-6-3-5-15-13-30(24(33)22(15)19)14-21(32)31-10-4-7-20(31)23(25)26;1-2(3,4)5/h3,5-6,8-9,11-12,20,23H,4,7,10,13-14H2,1-2H3;1H3. The van der Waals surface area contributed by atoms with Crippen molar-refractivity contribution in [2.24, 2.45) is 7.05 Å². The van der Waals surface area contributed by atoms with Crippen LogP contribution in [-0.4, -0.2) is 70.2 Å². The molecule has 0 aliphatic carbocycles. The van der Waals surface area contributed by atoms with Crippen LogP contribution in [0.2, 0.25) is 0 Å². The molecule has 3 heterocycles.